The molecule has 1 aromatic carbocycles. The van der Waals surface area contributed by atoms with Crippen molar-refractivity contribution in [2.75, 3.05) is 13.1 Å². The fraction of sp³-hybridized carbons (Fsp3) is 0.538. The molecule has 3 heteroatoms. The number of alkyl halides is 1. The summed E-state index contributed by atoms with van der Waals surface area (Å²) in [5.74, 6) is -0.313. The molecule has 16 heavy (non-hydrogen) atoms. The third-order valence-corrected chi connectivity index (χ3v) is 3.31. The summed E-state index contributed by atoms with van der Waals surface area (Å²) in [6, 6.07) is 4.72. The van der Waals surface area contributed by atoms with E-state index >= 15 is 0 Å². The lowest BCUT2D eigenvalue weighted by Gasteiger charge is -2.24. The molecule has 1 aromatic rings. The third kappa shape index (κ3) is 2.24. The topological polar surface area (TPSA) is 12.0 Å². The molecule has 88 valence electrons. The Morgan fingerprint density at radius 2 is 2.06 bits per heavy atom. The standard InChI is InChI=1S/C13H17F2N/c1-10-3-4-11(9-12(10)14)13(15)5-2-7-16-8-6-13/h3-4,9,16H,2,5-8H2,1H3. The van der Waals surface area contributed by atoms with Crippen LogP contribution in [0.2, 0.25) is 0 Å². The summed E-state index contributed by atoms with van der Waals surface area (Å²) in [7, 11) is 0. The van der Waals surface area contributed by atoms with Crippen LogP contribution in [0.15, 0.2) is 18.2 Å². The predicted octanol–water partition coefficient (Wildman–Crippen LogP) is 3.07. The van der Waals surface area contributed by atoms with Crippen molar-refractivity contribution in [2.24, 2.45) is 0 Å². The van der Waals surface area contributed by atoms with Crippen molar-refractivity contribution in [3.63, 3.8) is 0 Å². The van der Waals surface area contributed by atoms with E-state index in [1.54, 1.807) is 19.1 Å². The summed E-state index contributed by atoms with van der Waals surface area (Å²) in [5.41, 5.74) is -0.309. The zero-order valence-corrected chi connectivity index (χ0v) is 9.52. The summed E-state index contributed by atoms with van der Waals surface area (Å²) in [5, 5.41) is 3.16. The van der Waals surface area contributed by atoms with E-state index in [4.69, 9.17) is 0 Å². The second-order valence-electron chi connectivity index (χ2n) is 4.53. The summed E-state index contributed by atoms with van der Waals surface area (Å²) in [6.45, 7) is 3.20. The Balaban J connectivity index is 2.29. The smallest absolute Gasteiger partial charge is 0.137 e. The number of aryl methyl sites for hydroxylation is 1. The minimum absolute atomic E-state index is 0.313. The zero-order chi connectivity index (χ0) is 11.6. The van der Waals surface area contributed by atoms with E-state index in [-0.39, 0.29) is 5.82 Å². The summed E-state index contributed by atoms with van der Waals surface area (Å²) in [4.78, 5) is 0. The minimum atomic E-state index is -1.36. The molecule has 0 radical (unpaired) electrons. The molecule has 1 heterocycles. The number of hydrogen-bond acceptors (Lipinski definition) is 1. The molecule has 1 unspecified atom stereocenters. The highest BCUT2D eigenvalue weighted by Gasteiger charge is 2.32. The van der Waals surface area contributed by atoms with Gasteiger partial charge in [0.1, 0.15) is 11.5 Å². The van der Waals surface area contributed by atoms with Crippen LogP contribution in [0.5, 0.6) is 0 Å². The van der Waals surface area contributed by atoms with Gasteiger partial charge in [-0.15, -0.1) is 0 Å². The number of hydrogen-bond donors (Lipinski definition) is 1. The van der Waals surface area contributed by atoms with Gasteiger partial charge in [0.05, 0.1) is 0 Å². The number of nitrogens with one attached hydrogen (secondary N) is 1. The maximum atomic E-state index is 14.7. The summed E-state index contributed by atoms with van der Waals surface area (Å²) in [6.07, 6.45) is 1.70. The Hall–Kier alpha value is -0.960. The van der Waals surface area contributed by atoms with Crippen molar-refractivity contribution in [3.8, 4) is 0 Å². The highest BCUT2D eigenvalue weighted by atomic mass is 19.1. The third-order valence-electron chi connectivity index (χ3n) is 3.31. The van der Waals surface area contributed by atoms with Gasteiger partial charge in [0.2, 0.25) is 0 Å². The lowest BCUT2D eigenvalue weighted by atomic mass is 9.88. The average molecular weight is 225 g/mol. The SMILES string of the molecule is Cc1ccc(C2(F)CCCNCC2)cc1F. The number of benzene rings is 1. The molecule has 0 aromatic heterocycles. The van der Waals surface area contributed by atoms with E-state index in [0.717, 1.165) is 13.0 Å². The average Bonchev–Trinajstić information content (AvgIpc) is 2.48. The van der Waals surface area contributed by atoms with Crippen LogP contribution in [0.25, 0.3) is 0 Å². The first-order chi connectivity index (χ1) is 7.62. The molecule has 1 aliphatic rings. The van der Waals surface area contributed by atoms with Crippen LogP contribution >= 0.6 is 0 Å². The normalized spacial score (nSPS) is 26.4. The Morgan fingerprint density at radius 1 is 1.25 bits per heavy atom. The lowest BCUT2D eigenvalue weighted by molar-refractivity contribution is 0.144. The molecule has 1 nitrogen and oxygen atoms in total. The van der Waals surface area contributed by atoms with Gasteiger partial charge in [0, 0.05) is 0 Å². The Kier molecular flexibility index (Phi) is 3.24. The van der Waals surface area contributed by atoms with Gasteiger partial charge in [-0.05, 0) is 56.5 Å². The van der Waals surface area contributed by atoms with E-state index in [2.05, 4.69) is 5.32 Å². The Bertz CT molecular complexity index is 368. The van der Waals surface area contributed by atoms with Crippen molar-refractivity contribution in [1.82, 2.24) is 5.32 Å². The fourth-order valence-electron chi connectivity index (χ4n) is 2.19. The van der Waals surface area contributed by atoms with Crippen molar-refractivity contribution in [1.29, 1.82) is 0 Å². The quantitative estimate of drug-likeness (QED) is 0.774. The second-order valence-corrected chi connectivity index (χ2v) is 4.53. The van der Waals surface area contributed by atoms with Gasteiger partial charge in [0.15, 0.2) is 0 Å². The largest absolute Gasteiger partial charge is 0.317 e. The molecular formula is C13H17F2N. The van der Waals surface area contributed by atoms with Crippen LogP contribution in [-0.4, -0.2) is 13.1 Å². The van der Waals surface area contributed by atoms with Crippen LogP contribution in [0.1, 0.15) is 30.4 Å². The van der Waals surface area contributed by atoms with Crippen LogP contribution in [0.3, 0.4) is 0 Å². The van der Waals surface area contributed by atoms with Gasteiger partial charge in [-0.3, -0.25) is 0 Å². The lowest BCUT2D eigenvalue weighted by Crippen LogP contribution is -2.22. The first kappa shape index (κ1) is 11.5. The molecular weight excluding hydrogens is 208 g/mol. The van der Waals surface area contributed by atoms with E-state index in [1.165, 1.54) is 6.07 Å². The van der Waals surface area contributed by atoms with Crippen LogP contribution < -0.4 is 5.32 Å². The minimum Gasteiger partial charge on any atom is -0.317 e. The van der Waals surface area contributed by atoms with E-state index in [9.17, 15) is 8.78 Å². The molecule has 1 aliphatic heterocycles. The number of rotatable bonds is 1. The molecule has 1 fully saturated rings. The molecule has 1 saturated heterocycles. The van der Waals surface area contributed by atoms with Gasteiger partial charge in [0.25, 0.3) is 0 Å². The highest BCUT2D eigenvalue weighted by Crippen LogP contribution is 2.36. The van der Waals surface area contributed by atoms with Crippen LogP contribution in [0.4, 0.5) is 8.78 Å². The van der Waals surface area contributed by atoms with Gasteiger partial charge < -0.3 is 5.32 Å². The zero-order valence-electron chi connectivity index (χ0n) is 9.52. The van der Waals surface area contributed by atoms with Crippen molar-refractivity contribution >= 4 is 0 Å². The molecule has 2 rings (SSSR count). The fourth-order valence-corrected chi connectivity index (χ4v) is 2.19. The van der Waals surface area contributed by atoms with Gasteiger partial charge in [-0.25, -0.2) is 8.78 Å². The van der Waals surface area contributed by atoms with Crippen molar-refractivity contribution in [2.45, 2.75) is 31.9 Å². The molecule has 0 amide bonds. The van der Waals surface area contributed by atoms with E-state index in [0.29, 0.717) is 30.5 Å². The van der Waals surface area contributed by atoms with E-state index in [1.807, 2.05) is 0 Å². The van der Waals surface area contributed by atoms with Crippen LogP contribution in [-0.2, 0) is 5.67 Å². The van der Waals surface area contributed by atoms with Crippen LogP contribution in [0, 0.1) is 12.7 Å². The maximum absolute atomic E-state index is 14.7. The predicted molar refractivity (Wildman–Crippen MR) is 60.6 cm³/mol. The first-order valence-corrected chi connectivity index (χ1v) is 5.78. The Morgan fingerprint density at radius 3 is 2.81 bits per heavy atom. The van der Waals surface area contributed by atoms with Gasteiger partial charge in [-0.1, -0.05) is 12.1 Å². The molecule has 1 N–H and O–H groups in total. The molecule has 0 aliphatic carbocycles. The Labute approximate surface area is 94.9 Å². The van der Waals surface area contributed by atoms with E-state index < -0.39 is 5.67 Å². The van der Waals surface area contributed by atoms with Crippen molar-refractivity contribution < 1.29 is 8.78 Å². The molecule has 0 spiro atoms. The first-order valence-electron chi connectivity index (χ1n) is 5.78. The van der Waals surface area contributed by atoms with Gasteiger partial charge in [-0.2, -0.15) is 0 Å². The second kappa shape index (κ2) is 4.50. The van der Waals surface area contributed by atoms with Crippen molar-refractivity contribution in [3.05, 3.63) is 35.1 Å². The number of halogens is 2. The summed E-state index contributed by atoms with van der Waals surface area (Å²) < 4.78 is 28.1. The van der Waals surface area contributed by atoms with Gasteiger partial charge >= 0.3 is 0 Å². The summed E-state index contributed by atoms with van der Waals surface area (Å²) >= 11 is 0. The molecule has 1 atom stereocenters. The highest BCUT2D eigenvalue weighted by molar-refractivity contribution is 5.28. The molecule has 0 bridgehead atoms. The molecule has 0 saturated carbocycles. The maximum Gasteiger partial charge on any atom is 0.137 e. The monoisotopic (exact) mass is 225 g/mol.